The van der Waals surface area contributed by atoms with Gasteiger partial charge in [-0.05, 0) is 30.3 Å². The molecule has 0 saturated carbocycles. The van der Waals surface area contributed by atoms with E-state index in [0.717, 1.165) is 6.07 Å². The van der Waals surface area contributed by atoms with E-state index in [2.05, 4.69) is 0 Å². The molecule has 0 radical (unpaired) electrons. The largest absolute Gasteiger partial charge is 0.378 e. The van der Waals surface area contributed by atoms with Crippen LogP contribution in [0, 0.1) is 11.6 Å². The molecule has 1 aliphatic rings. The Kier molecular flexibility index (Phi) is 6.33. The number of ether oxygens (including phenoxy) is 1. The number of Topliss-reactive ketones (excluding diaryl/α,β-unsaturated/α-hetero) is 1. The monoisotopic (exact) mass is 389 g/mol. The Hall–Kier alpha value is -2.84. The first kappa shape index (κ1) is 19.9. The van der Waals surface area contributed by atoms with E-state index in [1.54, 1.807) is 4.90 Å². The second-order valence-electron chi connectivity index (χ2n) is 6.38. The van der Waals surface area contributed by atoms with Crippen LogP contribution in [0.2, 0.25) is 0 Å². The van der Waals surface area contributed by atoms with Crippen LogP contribution in [-0.2, 0) is 11.3 Å². The number of rotatable bonds is 5. The Bertz CT molecular complexity index is 852. The van der Waals surface area contributed by atoms with Crippen molar-refractivity contribution in [2.45, 2.75) is 6.54 Å². The first-order valence-corrected chi connectivity index (χ1v) is 8.91. The highest BCUT2D eigenvalue weighted by molar-refractivity contribution is 5.97. The number of hydrogen-bond donors (Lipinski definition) is 1. The number of carbonyl (C=O) groups is 2. The molecule has 28 heavy (non-hydrogen) atoms. The van der Waals surface area contributed by atoms with Crippen LogP contribution in [0.3, 0.4) is 0 Å². The van der Waals surface area contributed by atoms with E-state index in [0.29, 0.717) is 32.0 Å². The van der Waals surface area contributed by atoms with E-state index in [9.17, 15) is 18.4 Å². The van der Waals surface area contributed by atoms with Gasteiger partial charge >= 0.3 is 6.03 Å². The summed E-state index contributed by atoms with van der Waals surface area (Å²) in [5.41, 5.74) is 6.17. The second kappa shape index (κ2) is 8.90. The number of benzene rings is 2. The molecule has 1 saturated heterocycles. The number of nitrogens with two attached hydrogens (primary N) is 1. The standard InChI is InChI=1S/C20H21F2N3O3/c21-16-3-5-17(6-4-16)25(20(27)24-7-9-28-10-8-24)13-15-2-1-14(11-18(15)22)19(26)12-23/h1-6,11H,7-10,12-13,23H2. The van der Waals surface area contributed by atoms with Gasteiger partial charge in [0.1, 0.15) is 11.6 Å². The van der Waals surface area contributed by atoms with Gasteiger partial charge in [0.05, 0.1) is 26.3 Å². The lowest BCUT2D eigenvalue weighted by molar-refractivity contribution is 0.0548. The Labute approximate surface area is 161 Å². The fourth-order valence-electron chi connectivity index (χ4n) is 2.95. The summed E-state index contributed by atoms with van der Waals surface area (Å²) in [6, 6.07) is 9.17. The van der Waals surface area contributed by atoms with E-state index in [4.69, 9.17) is 10.5 Å². The molecular formula is C20H21F2N3O3. The van der Waals surface area contributed by atoms with E-state index >= 15 is 0 Å². The minimum absolute atomic E-state index is 0.0647. The number of hydrogen-bond acceptors (Lipinski definition) is 4. The number of ketones is 1. The van der Waals surface area contributed by atoms with E-state index in [1.807, 2.05) is 0 Å². The molecule has 8 heteroatoms. The van der Waals surface area contributed by atoms with Crippen LogP contribution >= 0.6 is 0 Å². The van der Waals surface area contributed by atoms with Crippen molar-refractivity contribution in [3.8, 4) is 0 Å². The summed E-state index contributed by atoms with van der Waals surface area (Å²) < 4.78 is 33.2. The van der Waals surface area contributed by atoms with Gasteiger partial charge in [-0.15, -0.1) is 0 Å². The van der Waals surface area contributed by atoms with Crippen LogP contribution in [0.4, 0.5) is 19.3 Å². The van der Waals surface area contributed by atoms with Crippen molar-refractivity contribution in [1.29, 1.82) is 0 Å². The van der Waals surface area contributed by atoms with Gasteiger partial charge in [0.2, 0.25) is 0 Å². The van der Waals surface area contributed by atoms with Gasteiger partial charge in [0.15, 0.2) is 5.78 Å². The number of carbonyl (C=O) groups excluding carboxylic acids is 2. The molecule has 148 valence electrons. The summed E-state index contributed by atoms with van der Waals surface area (Å²) in [6.45, 7) is 1.41. The molecule has 2 aromatic rings. The maximum absolute atomic E-state index is 14.6. The minimum Gasteiger partial charge on any atom is -0.378 e. The Morgan fingerprint density at radius 3 is 2.36 bits per heavy atom. The molecule has 2 N–H and O–H groups in total. The normalized spacial score (nSPS) is 14.0. The summed E-state index contributed by atoms with van der Waals surface area (Å²) >= 11 is 0. The lowest BCUT2D eigenvalue weighted by Crippen LogP contribution is -2.48. The van der Waals surface area contributed by atoms with Crippen molar-refractivity contribution in [3.05, 3.63) is 65.2 Å². The summed E-state index contributed by atoms with van der Waals surface area (Å²) in [5.74, 6) is -1.41. The molecular weight excluding hydrogens is 368 g/mol. The van der Waals surface area contributed by atoms with Crippen molar-refractivity contribution >= 4 is 17.5 Å². The van der Waals surface area contributed by atoms with Crippen LogP contribution in [-0.4, -0.2) is 49.6 Å². The molecule has 3 rings (SSSR count). The van der Waals surface area contributed by atoms with Crippen LogP contribution in [0.1, 0.15) is 15.9 Å². The molecule has 6 nitrogen and oxygen atoms in total. The summed E-state index contributed by atoms with van der Waals surface area (Å²) in [4.78, 5) is 27.7. The molecule has 0 bridgehead atoms. The predicted octanol–water partition coefficient (Wildman–Crippen LogP) is 2.57. The van der Waals surface area contributed by atoms with Crippen molar-refractivity contribution < 1.29 is 23.1 Å². The summed E-state index contributed by atoms with van der Waals surface area (Å²) in [6.07, 6.45) is 0. The number of halogens is 2. The zero-order valence-electron chi connectivity index (χ0n) is 15.2. The zero-order valence-corrected chi connectivity index (χ0v) is 15.2. The van der Waals surface area contributed by atoms with E-state index < -0.39 is 11.6 Å². The summed E-state index contributed by atoms with van der Waals surface area (Å²) in [5, 5.41) is 0. The van der Waals surface area contributed by atoms with Crippen LogP contribution in [0.25, 0.3) is 0 Å². The van der Waals surface area contributed by atoms with Gasteiger partial charge in [0, 0.05) is 29.9 Å². The minimum atomic E-state index is -0.610. The number of morpholine rings is 1. The molecule has 1 aliphatic heterocycles. The van der Waals surface area contributed by atoms with Gasteiger partial charge in [0.25, 0.3) is 0 Å². The molecule has 0 atom stereocenters. The van der Waals surface area contributed by atoms with Crippen LogP contribution < -0.4 is 10.6 Å². The highest BCUT2D eigenvalue weighted by Crippen LogP contribution is 2.22. The van der Waals surface area contributed by atoms with E-state index in [1.165, 1.54) is 41.3 Å². The average molecular weight is 389 g/mol. The number of anilines is 1. The Morgan fingerprint density at radius 1 is 1.07 bits per heavy atom. The summed E-state index contributed by atoms with van der Waals surface area (Å²) in [7, 11) is 0. The topological polar surface area (TPSA) is 75.9 Å². The van der Waals surface area contributed by atoms with Crippen molar-refractivity contribution in [2.75, 3.05) is 37.7 Å². The SMILES string of the molecule is NCC(=O)c1ccc(CN(C(=O)N2CCOCC2)c2ccc(F)cc2)c(F)c1. The molecule has 0 unspecified atom stereocenters. The van der Waals surface area contributed by atoms with Crippen molar-refractivity contribution in [2.24, 2.45) is 5.73 Å². The zero-order chi connectivity index (χ0) is 20.1. The lowest BCUT2D eigenvalue weighted by atomic mass is 10.1. The van der Waals surface area contributed by atoms with Gasteiger partial charge < -0.3 is 15.4 Å². The molecule has 0 aliphatic carbocycles. The quantitative estimate of drug-likeness (QED) is 0.798. The average Bonchev–Trinajstić information content (AvgIpc) is 2.73. The van der Waals surface area contributed by atoms with E-state index in [-0.39, 0.29) is 36.0 Å². The molecule has 0 aromatic heterocycles. The third-order valence-electron chi connectivity index (χ3n) is 4.54. The van der Waals surface area contributed by atoms with Crippen molar-refractivity contribution in [1.82, 2.24) is 4.90 Å². The molecule has 2 aromatic carbocycles. The highest BCUT2D eigenvalue weighted by atomic mass is 19.1. The predicted molar refractivity (Wildman–Crippen MR) is 100 cm³/mol. The Morgan fingerprint density at radius 2 is 1.75 bits per heavy atom. The maximum atomic E-state index is 14.6. The van der Waals surface area contributed by atoms with Gasteiger partial charge in [-0.1, -0.05) is 12.1 Å². The maximum Gasteiger partial charge on any atom is 0.324 e. The van der Waals surface area contributed by atoms with Gasteiger partial charge in [-0.25, -0.2) is 13.6 Å². The van der Waals surface area contributed by atoms with Crippen LogP contribution in [0.5, 0.6) is 0 Å². The van der Waals surface area contributed by atoms with Gasteiger partial charge in [-0.2, -0.15) is 0 Å². The van der Waals surface area contributed by atoms with Crippen molar-refractivity contribution in [3.63, 3.8) is 0 Å². The number of urea groups is 1. The number of nitrogens with zero attached hydrogens (tertiary/aromatic N) is 2. The first-order valence-electron chi connectivity index (χ1n) is 8.91. The number of amides is 2. The smallest absolute Gasteiger partial charge is 0.324 e. The fraction of sp³-hybridized carbons (Fsp3) is 0.300. The third-order valence-corrected chi connectivity index (χ3v) is 4.54. The molecule has 2 amide bonds. The van der Waals surface area contributed by atoms with Crippen LogP contribution in [0.15, 0.2) is 42.5 Å². The van der Waals surface area contributed by atoms with Gasteiger partial charge in [-0.3, -0.25) is 9.69 Å². The molecule has 1 fully saturated rings. The second-order valence-corrected chi connectivity index (χ2v) is 6.38. The third kappa shape index (κ3) is 4.52. The molecule has 0 spiro atoms. The highest BCUT2D eigenvalue weighted by Gasteiger charge is 2.25. The first-order chi connectivity index (χ1) is 13.5. The molecule has 1 heterocycles. The fourth-order valence-corrected chi connectivity index (χ4v) is 2.95. The lowest BCUT2D eigenvalue weighted by Gasteiger charge is -2.33. The Balaban J connectivity index is 1.89.